The summed E-state index contributed by atoms with van der Waals surface area (Å²) in [6.45, 7) is 3.35. The Kier molecular flexibility index (Phi) is 4.64. The molecular weight excluding hydrogens is 340 g/mol. The highest BCUT2D eigenvalue weighted by atomic mass is 32.2. The van der Waals surface area contributed by atoms with E-state index in [4.69, 9.17) is 4.74 Å². The quantitative estimate of drug-likeness (QED) is 0.789. The third-order valence-corrected chi connectivity index (χ3v) is 6.68. The van der Waals surface area contributed by atoms with Crippen molar-refractivity contribution >= 4 is 23.6 Å². The van der Waals surface area contributed by atoms with E-state index in [1.807, 2.05) is 21.6 Å². The van der Waals surface area contributed by atoms with Crippen LogP contribution in [0.4, 0.5) is 0 Å². The minimum atomic E-state index is -0.0621. The third kappa shape index (κ3) is 3.50. The van der Waals surface area contributed by atoms with Gasteiger partial charge in [-0.25, -0.2) is 4.98 Å². The summed E-state index contributed by atoms with van der Waals surface area (Å²) in [6.07, 6.45) is 7.81. The zero-order valence-electron chi connectivity index (χ0n) is 14.1. The summed E-state index contributed by atoms with van der Waals surface area (Å²) < 4.78 is 5.93. The molecule has 0 radical (unpaired) electrons. The summed E-state index contributed by atoms with van der Waals surface area (Å²) in [4.78, 5) is 36.1. The molecule has 0 saturated carbocycles. The van der Waals surface area contributed by atoms with E-state index >= 15 is 0 Å². The molecule has 3 saturated heterocycles. The summed E-state index contributed by atoms with van der Waals surface area (Å²) in [6, 6.07) is 0. The maximum Gasteiger partial charge on any atom is 0.274 e. The Hall–Kier alpha value is -1.67. The second-order valence-corrected chi connectivity index (χ2v) is 8.46. The van der Waals surface area contributed by atoms with E-state index in [-0.39, 0.29) is 29.3 Å². The average molecular weight is 362 g/mol. The topological polar surface area (TPSA) is 75.6 Å². The Balaban J connectivity index is 1.23. The monoisotopic (exact) mass is 362 g/mol. The lowest BCUT2D eigenvalue weighted by Gasteiger charge is -2.47. The molecule has 1 aromatic rings. The van der Waals surface area contributed by atoms with Crippen molar-refractivity contribution < 1.29 is 14.3 Å². The van der Waals surface area contributed by atoms with E-state index in [9.17, 15) is 9.59 Å². The van der Waals surface area contributed by atoms with Crippen LogP contribution >= 0.6 is 11.8 Å². The molecule has 0 bridgehead atoms. The molecule has 0 aromatic carbocycles. The number of amides is 2. The smallest absolute Gasteiger partial charge is 0.274 e. The molecule has 1 atom stereocenters. The Morgan fingerprint density at radius 3 is 2.76 bits per heavy atom. The number of thioether (sulfide) groups is 1. The number of aromatic nitrogens is 2. The molecule has 0 aliphatic carbocycles. The highest BCUT2D eigenvalue weighted by molar-refractivity contribution is 8.01. The van der Waals surface area contributed by atoms with Crippen LogP contribution in [0.15, 0.2) is 18.6 Å². The SMILES string of the molecule is O=C(CO[C@@H]1CSC2(C1)CN(C(=O)c1cnccn1)C2)N1CCCC1. The van der Waals surface area contributed by atoms with Crippen LogP contribution in [0.25, 0.3) is 0 Å². The van der Waals surface area contributed by atoms with Gasteiger partial charge in [0.25, 0.3) is 5.91 Å². The van der Waals surface area contributed by atoms with Gasteiger partial charge in [-0.1, -0.05) is 0 Å². The molecule has 0 unspecified atom stereocenters. The van der Waals surface area contributed by atoms with E-state index in [1.54, 1.807) is 6.20 Å². The number of hydrogen-bond acceptors (Lipinski definition) is 6. The van der Waals surface area contributed by atoms with Crippen molar-refractivity contribution in [2.24, 2.45) is 0 Å². The lowest BCUT2D eigenvalue weighted by Crippen LogP contribution is -2.60. The summed E-state index contributed by atoms with van der Waals surface area (Å²) in [7, 11) is 0. The van der Waals surface area contributed by atoms with Crippen LogP contribution in [-0.2, 0) is 9.53 Å². The largest absolute Gasteiger partial charge is 0.367 e. The minimum Gasteiger partial charge on any atom is -0.367 e. The Morgan fingerprint density at radius 2 is 2.04 bits per heavy atom. The van der Waals surface area contributed by atoms with Crippen molar-refractivity contribution in [3.8, 4) is 0 Å². The van der Waals surface area contributed by atoms with Crippen molar-refractivity contribution in [3.05, 3.63) is 24.3 Å². The van der Waals surface area contributed by atoms with Crippen molar-refractivity contribution in [1.29, 1.82) is 0 Å². The predicted molar refractivity (Wildman–Crippen MR) is 93.3 cm³/mol. The van der Waals surface area contributed by atoms with Crippen LogP contribution in [0.1, 0.15) is 29.8 Å². The summed E-state index contributed by atoms with van der Waals surface area (Å²) in [5.74, 6) is 0.935. The first-order valence-electron chi connectivity index (χ1n) is 8.74. The normalized spacial score (nSPS) is 24.6. The van der Waals surface area contributed by atoms with Crippen molar-refractivity contribution in [3.63, 3.8) is 0 Å². The van der Waals surface area contributed by atoms with E-state index in [1.165, 1.54) is 12.4 Å². The first-order chi connectivity index (χ1) is 12.2. The van der Waals surface area contributed by atoms with Crippen LogP contribution in [0.3, 0.4) is 0 Å². The number of ether oxygens (including phenoxy) is 1. The first kappa shape index (κ1) is 16.8. The second-order valence-electron chi connectivity index (χ2n) is 6.97. The predicted octanol–water partition coefficient (Wildman–Crippen LogP) is 0.816. The standard InChI is InChI=1S/C17H22N4O3S/c22-15(20-5-1-2-6-20)9-24-13-7-17(25-10-13)11-21(12-17)16(23)14-8-18-3-4-19-14/h3-4,8,13H,1-2,5-7,9-12H2/t13-/m0/s1. The fourth-order valence-corrected chi connectivity index (χ4v) is 5.29. The molecule has 1 spiro atoms. The molecule has 1 aromatic heterocycles. The minimum absolute atomic E-state index is 0.0621. The van der Waals surface area contributed by atoms with Gasteiger partial charge in [-0.3, -0.25) is 14.6 Å². The van der Waals surface area contributed by atoms with E-state index in [2.05, 4.69) is 9.97 Å². The number of nitrogens with zero attached hydrogens (tertiary/aromatic N) is 4. The molecule has 25 heavy (non-hydrogen) atoms. The van der Waals surface area contributed by atoms with Gasteiger partial charge in [-0.2, -0.15) is 0 Å². The van der Waals surface area contributed by atoms with Gasteiger partial charge >= 0.3 is 0 Å². The number of rotatable bonds is 4. The Morgan fingerprint density at radius 1 is 1.24 bits per heavy atom. The number of likely N-dealkylation sites (tertiary alicyclic amines) is 2. The molecule has 3 fully saturated rings. The average Bonchev–Trinajstić information content (AvgIpc) is 3.28. The highest BCUT2D eigenvalue weighted by Crippen LogP contribution is 2.46. The van der Waals surface area contributed by atoms with Gasteiger partial charge in [0.1, 0.15) is 12.3 Å². The zero-order valence-corrected chi connectivity index (χ0v) is 14.9. The molecule has 4 heterocycles. The zero-order chi connectivity index (χ0) is 17.3. The molecule has 3 aliphatic heterocycles. The van der Waals surface area contributed by atoms with Gasteiger partial charge in [0.05, 0.1) is 17.0 Å². The van der Waals surface area contributed by atoms with Crippen LogP contribution in [0, 0.1) is 0 Å². The molecule has 134 valence electrons. The summed E-state index contributed by atoms with van der Waals surface area (Å²) >= 11 is 1.86. The molecule has 2 amide bonds. The van der Waals surface area contributed by atoms with Gasteiger partial charge < -0.3 is 14.5 Å². The Labute approximate surface area is 151 Å². The third-order valence-electron chi connectivity index (χ3n) is 5.10. The maximum atomic E-state index is 12.3. The van der Waals surface area contributed by atoms with Crippen molar-refractivity contribution in [1.82, 2.24) is 19.8 Å². The van der Waals surface area contributed by atoms with E-state index in [0.29, 0.717) is 18.8 Å². The lowest BCUT2D eigenvalue weighted by atomic mass is 9.92. The second kappa shape index (κ2) is 6.92. The first-order valence-corrected chi connectivity index (χ1v) is 9.72. The van der Waals surface area contributed by atoms with Crippen LogP contribution in [-0.4, -0.2) is 81.0 Å². The highest BCUT2D eigenvalue weighted by Gasteiger charge is 2.51. The fourth-order valence-electron chi connectivity index (χ4n) is 3.74. The number of carbonyl (C=O) groups excluding carboxylic acids is 2. The molecule has 0 N–H and O–H groups in total. The van der Waals surface area contributed by atoms with Crippen LogP contribution in [0.5, 0.6) is 0 Å². The fraction of sp³-hybridized carbons (Fsp3) is 0.647. The van der Waals surface area contributed by atoms with E-state index in [0.717, 1.165) is 38.1 Å². The van der Waals surface area contributed by atoms with Gasteiger partial charge in [-0.15, -0.1) is 11.8 Å². The Bertz CT molecular complexity index is 645. The summed E-state index contributed by atoms with van der Waals surface area (Å²) in [5, 5.41) is 0. The molecule has 3 aliphatic rings. The van der Waals surface area contributed by atoms with Gasteiger partial charge in [-0.05, 0) is 19.3 Å². The number of hydrogen-bond donors (Lipinski definition) is 0. The van der Waals surface area contributed by atoms with Gasteiger partial charge in [0.2, 0.25) is 5.91 Å². The van der Waals surface area contributed by atoms with Gasteiger partial charge in [0.15, 0.2) is 0 Å². The van der Waals surface area contributed by atoms with Gasteiger partial charge in [0, 0.05) is 44.3 Å². The molecule has 8 heteroatoms. The van der Waals surface area contributed by atoms with Crippen molar-refractivity contribution in [2.75, 3.05) is 38.5 Å². The molecule has 4 rings (SSSR count). The van der Waals surface area contributed by atoms with Crippen LogP contribution < -0.4 is 0 Å². The number of carbonyl (C=O) groups is 2. The van der Waals surface area contributed by atoms with Crippen LogP contribution in [0.2, 0.25) is 0 Å². The van der Waals surface area contributed by atoms with E-state index < -0.39 is 0 Å². The molecular formula is C17H22N4O3S. The summed E-state index contributed by atoms with van der Waals surface area (Å²) in [5.41, 5.74) is 0.393. The lowest BCUT2D eigenvalue weighted by molar-refractivity contribution is -0.136. The van der Waals surface area contributed by atoms with Crippen molar-refractivity contribution in [2.45, 2.75) is 30.1 Å². The molecule has 7 nitrogen and oxygen atoms in total. The maximum absolute atomic E-state index is 12.3.